The zero-order valence-corrected chi connectivity index (χ0v) is 11.0. The standard InChI is InChI=1S/C15H16N2O3/c18-9-10-4-6-17(8-10)11-1-2-14-13(7-11)12(15(19)20)3-5-16-14/h1-3,5,7,10,18H,4,6,8-9H2,(H,19,20)/t10-/m0/s1. The lowest BCUT2D eigenvalue weighted by Gasteiger charge is -2.19. The fourth-order valence-corrected chi connectivity index (χ4v) is 2.73. The average molecular weight is 272 g/mol. The van der Waals surface area contributed by atoms with Gasteiger partial charge >= 0.3 is 5.97 Å². The molecule has 2 heterocycles. The van der Waals surface area contributed by atoms with Crippen molar-refractivity contribution in [3.05, 3.63) is 36.0 Å². The summed E-state index contributed by atoms with van der Waals surface area (Å²) < 4.78 is 0. The predicted molar refractivity (Wildman–Crippen MR) is 76.1 cm³/mol. The zero-order valence-electron chi connectivity index (χ0n) is 11.0. The number of hydrogen-bond donors (Lipinski definition) is 2. The number of carboxylic acids is 1. The third kappa shape index (κ3) is 2.20. The fourth-order valence-electron chi connectivity index (χ4n) is 2.73. The van der Waals surface area contributed by atoms with Gasteiger partial charge in [0.15, 0.2) is 0 Å². The van der Waals surface area contributed by atoms with E-state index in [9.17, 15) is 15.0 Å². The van der Waals surface area contributed by atoms with Crippen LogP contribution in [-0.4, -0.2) is 40.9 Å². The Kier molecular flexibility index (Phi) is 3.28. The summed E-state index contributed by atoms with van der Waals surface area (Å²) in [6.45, 7) is 1.90. The van der Waals surface area contributed by atoms with Crippen molar-refractivity contribution in [2.75, 3.05) is 24.6 Å². The van der Waals surface area contributed by atoms with Crippen molar-refractivity contribution in [3.8, 4) is 0 Å². The Balaban J connectivity index is 2.02. The molecule has 0 bridgehead atoms. The van der Waals surface area contributed by atoms with Crippen molar-refractivity contribution < 1.29 is 15.0 Å². The van der Waals surface area contributed by atoms with Gasteiger partial charge in [-0.05, 0) is 30.7 Å². The van der Waals surface area contributed by atoms with E-state index in [0.29, 0.717) is 16.8 Å². The molecule has 2 aromatic rings. The predicted octanol–water partition coefficient (Wildman–Crippen LogP) is 1.75. The molecule has 20 heavy (non-hydrogen) atoms. The Bertz CT molecular complexity index is 657. The van der Waals surface area contributed by atoms with Gasteiger partial charge in [-0.15, -0.1) is 0 Å². The second-order valence-electron chi connectivity index (χ2n) is 5.15. The highest BCUT2D eigenvalue weighted by molar-refractivity contribution is 6.03. The minimum Gasteiger partial charge on any atom is -0.478 e. The van der Waals surface area contributed by atoms with Crippen LogP contribution in [0.15, 0.2) is 30.5 Å². The second kappa shape index (κ2) is 5.09. The minimum absolute atomic E-state index is 0.200. The molecule has 0 amide bonds. The molecule has 1 fully saturated rings. The number of carboxylic acid groups (broad SMARTS) is 1. The summed E-state index contributed by atoms with van der Waals surface area (Å²) in [5.74, 6) is -0.636. The van der Waals surface area contributed by atoms with Crippen LogP contribution in [0.1, 0.15) is 16.8 Å². The topological polar surface area (TPSA) is 73.7 Å². The summed E-state index contributed by atoms with van der Waals surface area (Å²) in [6.07, 6.45) is 2.48. The Labute approximate surface area is 116 Å². The number of pyridine rings is 1. The molecule has 1 saturated heterocycles. The van der Waals surface area contributed by atoms with Crippen molar-refractivity contribution in [3.63, 3.8) is 0 Å². The van der Waals surface area contributed by atoms with Gasteiger partial charge in [0.1, 0.15) is 0 Å². The molecule has 0 radical (unpaired) electrons. The highest BCUT2D eigenvalue weighted by atomic mass is 16.4. The van der Waals surface area contributed by atoms with E-state index in [1.165, 1.54) is 12.3 Å². The number of carbonyl (C=O) groups is 1. The van der Waals surface area contributed by atoms with Gasteiger partial charge in [-0.25, -0.2) is 4.79 Å². The zero-order chi connectivity index (χ0) is 14.1. The maximum atomic E-state index is 11.3. The number of rotatable bonds is 3. The molecular weight excluding hydrogens is 256 g/mol. The minimum atomic E-state index is -0.941. The third-order valence-electron chi connectivity index (χ3n) is 3.86. The molecule has 1 aliphatic heterocycles. The van der Waals surface area contributed by atoms with Crippen molar-refractivity contribution in [1.82, 2.24) is 4.98 Å². The van der Waals surface area contributed by atoms with Crippen LogP contribution in [0.3, 0.4) is 0 Å². The van der Waals surface area contributed by atoms with E-state index in [0.717, 1.165) is 25.2 Å². The van der Waals surface area contributed by atoms with Gasteiger partial charge in [0.25, 0.3) is 0 Å². The molecule has 0 aliphatic carbocycles. The maximum Gasteiger partial charge on any atom is 0.336 e. The summed E-state index contributed by atoms with van der Waals surface area (Å²) in [4.78, 5) is 17.7. The van der Waals surface area contributed by atoms with E-state index in [2.05, 4.69) is 9.88 Å². The maximum absolute atomic E-state index is 11.3. The molecule has 104 valence electrons. The first-order valence-corrected chi connectivity index (χ1v) is 6.67. The Morgan fingerprint density at radius 3 is 2.95 bits per heavy atom. The summed E-state index contributed by atoms with van der Waals surface area (Å²) in [6, 6.07) is 7.21. The van der Waals surface area contributed by atoms with Crippen LogP contribution in [0.5, 0.6) is 0 Å². The molecule has 1 aromatic carbocycles. The van der Waals surface area contributed by atoms with Gasteiger partial charge in [-0.2, -0.15) is 0 Å². The van der Waals surface area contributed by atoms with Crippen LogP contribution in [-0.2, 0) is 0 Å². The van der Waals surface area contributed by atoms with Crippen LogP contribution >= 0.6 is 0 Å². The molecule has 2 N–H and O–H groups in total. The van der Waals surface area contributed by atoms with Crippen LogP contribution in [0.25, 0.3) is 10.9 Å². The Morgan fingerprint density at radius 2 is 2.25 bits per heavy atom. The first-order valence-electron chi connectivity index (χ1n) is 6.67. The van der Waals surface area contributed by atoms with E-state index in [4.69, 9.17) is 0 Å². The summed E-state index contributed by atoms with van der Waals surface area (Å²) in [7, 11) is 0. The molecule has 5 heteroatoms. The average Bonchev–Trinajstić information content (AvgIpc) is 2.94. The number of aliphatic hydroxyl groups is 1. The van der Waals surface area contributed by atoms with Gasteiger partial charge in [-0.1, -0.05) is 0 Å². The first-order chi connectivity index (χ1) is 9.69. The molecule has 3 rings (SSSR count). The SMILES string of the molecule is O=C(O)c1ccnc2ccc(N3CC[C@H](CO)C3)cc12. The molecule has 0 saturated carbocycles. The van der Waals surface area contributed by atoms with E-state index in [1.807, 2.05) is 18.2 Å². The normalized spacial score (nSPS) is 18.6. The Hall–Kier alpha value is -2.14. The summed E-state index contributed by atoms with van der Waals surface area (Å²) >= 11 is 0. The van der Waals surface area contributed by atoms with E-state index in [1.54, 1.807) is 0 Å². The lowest BCUT2D eigenvalue weighted by Crippen LogP contribution is -2.20. The molecule has 1 aromatic heterocycles. The number of aliphatic hydroxyl groups excluding tert-OH is 1. The molecule has 1 atom stereocenters. The number of anilines is 1. The van der Waals surface area contributed by atoms with Crippen molar-refractivity contribution >= 4 is 22.6 Å². The van der Waals surface area contributed by atoms with E-state index in [-0.39, 0.29) is 12.2 Å². The van der Waals surface area contributed by atoms with Crippen molar-refractivity contribution in [1.29, 1.82) is 0 Å². The Morgan fingerprint density at radius 1 is 1.40 bits per heavy atom. The quantitative estimate of drug-likeness (QED) is 0.890. The highest BCUT2D eigenvalue weighted by Gasteiger charge is 2.22. The number of benzene rings is 1. The number of hydrogen-bond acceptors (Lipinski definition) is 4. The van der Waals surface area contributed by atoms with Gasteiger partial charge < -0.3 is 15.1 Å². The van der Waals surface area contributed by atoms with Gasteiger partial charge in [0.05, 0.1) is 11.1 Å². The first kappa shape index (κ1) is 12.9. The lowest BCUT2D eigenvalue weighted by atomic mass is 10.1. The third-order valence-corrected chi connectivity index (χ3v) is 3.86. The van der Waals surface area contributed by atoms with E-state index >= 15 is 0 Å². The van der Waals surface area contributed by atoms with Crippen LogP contribution < -0.4 is 4.90 Å². The molecule has 5 nitrogen and oxygen atoms in total. The van der Waals surface area contributed by atoms with Crippen molar-refractivity contribution in [2.45, 2.75) is 6.42 Å². The highest BCUT2D eigenvalue weighted by Crippen LogP contribution is 2.27. The number of aromatic carboxylic acids is 1. The summed E-state index contributed by atoms with van der Waals surface area (Å²) in [5.41, 5.74) is 1.95. The lowest BCUT2D eigenvalue weighted by molar-refractivity contribution is 0.0699. The number of aromatic nitrogens is 1. The van der Waals surface area contributed by atoms with Crippen molar-refractivity contribution in [2.24, 2.45) is 5.92 Å². The van der Waals surface area contributed by atoms with Crippen LogP contribution in [0.2, 0.25) is 0 Å². The molecule has 1 aliphatic rings. The van der Waals surface area contributed by atoms with Gasteiger partial charge in [-0.3, -0.25) is 4.98 Å². The fraction of sp³-hybridized carbons (Fsp3) is 0.333. The molecular formula is C15H16N2O3. The smallest absolute Gasteiger partial charge is 0.336 e. The molecule has 0 spiro atoms. The van der Waals surface area contributed by atoms with E-state index < -0.39 is 5.97 Å². The summed E-state index contributed by atoms with van der Waals surface area (Å²) in [5, 5.41) is 19.1. The van der Waals surface area contributed by atoms with Gasteiger partial charge in [0.2, 0.25) is 0 Å². The van der Waals surface area contributed by atoms with Crippen LogP contribution in [0.4, 0.5) is 5.69 Å². The molecule has 0 unspecified atom stereocenters. The number of nitrogens with zero attached hydrogens (tertiary/aromatic N) is 2. The number of fused-ring (bicyclic) bond motifs is 1. The van der Waals surface area contributed by atoms with Gasteiger partial charge in [0, 0.05) is 42.9 Å². The second-order valence-corrected chi connectivity index (χ2v) is 5.15. The monoisotopic (exact) mass is 272 g/mol. The largest absolute Gasteiger partial charge is 0.478 e. The van der Waals surface area contributed by atoms with Crippen LogP contribution in [0, 0.1) is 5.92 Å².